The number of fused-ring (bicyclic) bond motifs is 1. The lowest BCUT2D eigenvalue weighted by Crippen LogP contribution is -2.39. The first-order valence-electron chi connectivity index (χ1n) is 6.99. The number of anilines is 1. The Morgan fingerprint density at radius 1 is 1.38 bits per heavy atom. The second-order valence-electron chi connectivity index (χ2n) is 5.25. The van der Waals surface area contributed by atoms with Crippen LogP contribution in [-0.4, -0.2) is 23.9 Å². The topological polar surface area (TPSA) is 32.3 Å². The normalized spacial score (nSPS) is 18.3. The highest BCUT2D eigenvalue weighted by molar-refractivity contribution is 9.10. The quantitative estimate of drug-likeness (QED) is 0.890. The molecule has 0 saturated heterocycles. The van der Waals surface area contributed by atoms with Gasteiger partial charge in [0.15, 0.2) is 0 Å². The zero-order valence-corrected chi connectivity index (χ0v) is 14.2. The van der Waals surface area contributed by atoms with Crippen LogP contribution in [0, 0.1) is 0 Å². The summed E-state index contributed by atoms with van der Waals surface area (Å²) >= 11 is 5.21. The smallest absolute Gasteiger partial charge is 0.238 e. The van der Waals surface area contributed by atoms with Gasteiger partial charge in [-0.1, -0.05) is 15.9 Å². The Hall–Kier alpha value is -1.17. The molecule has 0 fully saturated rings. The van der Waals surface area contributed by atoms with Gasteiger partial charge >= 0.3 is 0 Å². The Labute approximate surface area is 137 Å². The van der Waals surface area contributed by atoms with Crippen molar-refractivity contribution in [2.45, 2.75) is 19.4 Å². The number of thiophene rings is 1. The predicted molar refractivity (Wildman–Crippen MR) is 90.8 cm³/mol. The van der Waals surface area contributed by atoms with Gasteiger partial charge in [0, 0.05) is 27.6 Å². The van der Waals surface area contributed by atoms with Gasteiger partial charge in [-0.25, -0.2) is 0 Å². The third kappa shape index (κ3) is 3.36. The number of nitrogens with one attached hydrogen (secondary N) is 1. The molecule has 110 valence electrons. The molecular weight excluding hydrogens is 348 g/mol. The van der Waals surface area contributed by atoms with E-state index in [4.69, 9.17) is 0 Å². The zero-order chi connectivity index (χ0) is 14.8. The van der Waals surface area contributed by atoms with Gasteiger partial charge in [0.05, 0.1) is 6.54 Å². The van der Waals surface area contributed by atoms with E-state index in [9.17, 15) is 4.79 Å². The molecule has 0 bridgehead atoms. The molecule has 0 unspecified atom stereocenters. The van der Waals surface area contributed by atoms with Crippen LogP contribution in [0.5, 0.6) is 0 Å². The molecular formula is C16H17BrN2OS. The minimum Gasteiger partial charge on any atom is -0.325 e. The van der Waals surface area contributed by atoms with Crippen molar-refractivity contribution in [2.24, 2.45) is 0 Å². The molecule has 1 N–H and O–H groups in total. The van der Waals surface area contributed by atoms with Gasteiger partial charge in [-0.15, -0.1) is 11.3 Å². The van der Waals surface area contributed by atoms with Crippen LogP contribution in [0.4, 0.5) is 5.69 Å². The Morgan fingerprint density at radius 3 is 2.90 bits per heavy atom. The predicted octanol–water partition coefficient (Wildman–Crippen LogP) is 4.07. The van der Waals surface area contributed by atoms with Gasteiger partial charge in [0.2, 0.25) is 5.91 Å². The van der Waals surface area contributed by atoms with E-state index in [0.717, 1.165) is 23.1 Å². The van der Waals surface area contributed by atoms with Crippen molar-refractivity contribution in [3.05, 3.63) is 50.6 Å². The molecule has 1 amide bonds. The van der Waals surface area contributed by atoms with E-state index in [0.29, 0.717) is 12.6 Å². The minimum absolute atomic E-state index is 0.0443. The van der Waals surface area contributed by atoms with E-state index < -0.39 is 0 Å². The summed E-state index contributed by atoms with van der Waals surface area (Å²) in [7, 11) is 0. The molecule has 3 rings (SSSR count). The molecule has 5 heteroatoms. The van der Waals surface area contributed by atoms with Crippen molar-refractivity contribution in [2.75, 3.05) is 18.4 Å². The fraction of sp³-hybridized carbons (Fsp3) is 0.312. The van der Waals surface area contributed by atoms with Gasteiger partial charge in [-0.2, -0.15) is 0 Å². The molecule has 3 nitrogen and oxygen atoms in total. The third-order valence-electron chi connectivity index (χ3n) is 3.88. The highest BCUT2D eigenvalue weighted by Gasteiger charge is 2.25. The van der Waals surface area contributed by atoms with Crippen LogP contribution < -0.4 is 5.32 Å². The van der Waals surface area contributed by atoms with Crippen LogP contribution >= 0.6 is 27.3 Å². The van der Waals surface area contributed by atoms with Crippen molar-refractivity contribution in [1.82, 2.24) is 4.90 Å². The maximum absolute atomic E-state index is 12.2. The Balaban J connectivity index is 1.62. The molecule has 2 heterocycles. The summed E-state index contributed by atoms with van der Waals surface area (Å²) in [6, 6.07) is 10.2. The molecule has 1 aliphatic rings. The minimum atomic E-state index is 0.0443. The van der Waals surface area contributed by atoms with Gasteiger partial charge in [0.25, 0.3) is 0 Å². The Bertz CT molecular complexity index is 638. The van der Waals surface area contributed by atoms with Crippen molar-refractivity contribution in [1.29, 1.82) is 0 Å². The fourth-order valence-corrected chi connectivity index (χ4v) is 3.92. The molecule has 21 heavy (non-hydrogen) atoms. The first-order valence-corrected chi connectivity index (χ1v) is 8.66. The van der Waals surface area contributed by atoms with Crippen LogP contribution in [0.2, 0.25) is 0 Å². The number of hydrogen-bond acceptors (Lipinski definition) is 3. The van der Waals surface area contributed by atoms with Gasteiger partial charge < -0.3 is 5.32 Å². The van der Waals surface area contributed by atoms with Crippen molar-refractivity contribution >= 4 is 38.9 Å². The molecule has 1 aliphatic heterocycles. The van der Waals surface area contributed by atoms with Gasteiger partial charge in [-0.05, 0) is 54.6 Å². The molecule has 1 atom stereocenters. The van der Waals surface area contributed by atoms with E-state index in [1.807, 2.05) is 35.6 Å². The number of hydrogen-bond donors (Lipinski definition) is 1. The van der Waals surface area contributed by atoms with E-state index in [-0.39, 0.29) is 5.91 Å². The summed E-state index contributed by atoms with van der Waals surface area (Å²) in [6.07, 6.45) is 1.04. The number of nitrogens with zero attached hydrogens (tertiary/aromatic N) is 1. The SMILES string of the molecule is C[C@H]1c2ccsc2CCN1CC(=O)Nc1ccc(Br)cc1. The maximum Gasteiger partial charge on any atom is 0.238 e. The second kappa shape index (κ2) is 6.30. The van der Waals surface area contributed by atoms with Gasteiger partial charge in [0.1, 0.15) is 0 Å². The average Bonchev–Trinajstić information content (AvgIpc) is 2.94. The third-order valence-corrected chi connectivity index (χ3v) is 5.40. The summed E-state index contributed by atoms with van der Waals surface area (Å²) in [4.78, 5) is 15.9. The van der Waals surface area contributed by atoms with Crippen molar-refractivity contribution in [3.63, 3.8) is 0 Å². The zero-order valence-electron chi connectivity index (χ0n) is 11.8. The number of carbonyl (C=O) groups is 1. The van der Waals surface area contributed by atoms with Crippen LogP contribution in [0.25, 0.3) is 0 Å². The number of halogens is 1. The lowest BCUT2D eigenvalue weighted by Gasteiger charge is -2.32. The summed E-state index contributed by atoms with van der Waals surface area (Å²) in [5.74, 6) is 0.0443. The molecule has 1 aromatic carbocycles. The first kappa shape index (κ1) is 14.8. The summed E-state index contributed by atoms with van der Waals surface area (Å²) in [5, 5.41) is 5.10. The average molecular weight is 365 g/mol. The monoisotopic (exact) mass is 364 g/mol. The van der Waals surface area contributed by atoms with Crippen LogP contribution in [0.15, 0.2) is 40.2 Å². The highest BCUT2D eigenvalue weighted by atomic mass is 79.9. The molecule has 0 aliphatic carbocycles. The van der Waals surface area contributed by atoms with Crippen LogP contribution in [0.1, 0.15) is 23.4 Å². The number of benzene rings is 1. The molecule has 0 spiro atoms. The van der Waals surface area contributed by atoms with E-state index >= 15 is 0 Å². The lowest BCUT2D eigenvalue weighted by molar-refractivity contribution is -0.117. The molecule has 2 aromatic rings. The summed E-state index contributed by atoms with van der Waals surface area (Å²) in [5.41, 5.74) is 2.21. The maximum atomic E-state index is 12.2. The Kier molecular flexibility index (Phi) is 4.42. The Morgan fingerprint density at radius 2 is 2.14 bits per heavy atom. The molecule has 0 radical (unpaired) electrons. The molecule has 0 saturated carbocycles. The summed E-state index contributed by atoms with van der Waals surface area (Å²) in [6.45, 7) is 3.56. The fourth-order valence-electron chi connectivity index (χ4n) is 2.70. The van der Waals surface area contributed by atoms with Crippen molar-refractivity contribution < 1.29 is 4.79 Å². The second-order valence-corrected chi connectivity index (χ2v) is 7.17. The lowest BCUT2D eigenvalue weighted by atomic mass is 10.0. The number of amides is 1. The number of carbonyl (C=O) groups excluding carboxylic acids is 1. The van der Waals surface area contributed by atoms with Crippen molar-refractivity contribution in [3.8, 4) is 0 Å². The standard InChI is InChI=1S/C16H17BrN2OS/c1-11-14-7-9-21-15(14)6-8-19(11)10-16(20)18-13-4-2-12(17)3-5-13/h2-5,7,9,11H,6,8,10H2,1H3,(H,18,20)/t11-/m0/s1. The van der Waals surface area contributed by atoms with Gasteiger partial charge in [-0.3, -0.25) is 9.69 Å². The van der Waals surface area contributed by atoms with E-state index in [2.05, 4.69) is 44.5 Å². The van der Waals surface area contributed by atoms with Crippen LogP contribution in [0.3, 0.4) is 0 Å². The highest BCUT2D eigenvalue weighted by Crippen LogP contribution is 2.32. The molecule has 1 aromatic heterocycles. The first-order chi connectivity index (χ1) is 10.1. The number of rotatable bonds is 3. The largest absolute Gasteiger partial charge is 0.325 e. The van der Waals surface area contributed by atoms with E-state index in [1.165, 1.54) is 10.4 Å². The van der Waals surface area contributed by atoms with Crippen LogP contribution in [-0.2, 0) is 11.2 Å². The van der Waals surface area contributed by atoms with E-state index in [1.54, 1.807) is 0 Å². The summed E-state index contributed by atoms with van der Waals surface area (Å²) < 4.78 is 1.01.